The van der Waals surface area contributed by atoms with Crippen LogP contribution in [0.3, 0.4) is 0 Å². The van der Waals surface area contributed by atoms with Crippen molar-refractivity contribution >= 4 is 141 Å². The fraction of sp³-hybridized carbons (Fsp3) is 0.111. The van der Waals surface area contributed by atoms with Gasteiger partial charge in [0.2, 0.25) is 0 Å². The molecule has 0 spiro atoms. The zero-order valence-corrected chi connectivity index (χ0v) is 30.1. The van der Waals surface area contributed by atoms with Gasteiger partial charge in [-0.05, 0) is 46.3 Å². The molecule has 0 fully saturated rings. The molecule has 0 aromatic heterocycles. The van der Waals surface area contributed by atoms with Gasteiger partial charge in [0.05, 0.1) is 25.4 Å². The molecule has 0 atom stereocenters. The molecular weight excluding hydrogens is 709 g/mol. The van der Waals surface area contributed by atoms with E-state index in [9.17, 15) is 0 Å². The van der Waals surface area contributed by atoms with Gasteiger partial charge < -0.3 is 0 Å². The van der Waals surface area contributed by atoms with Crippen LogP contribution in [-0.2, 0) is 0 Å². The second kappa shape index (κ2) is 14.2. The van der Waals surface area contributed by atoms with E-state index in [1.54, 1.807) is 0 Å². The van der Waals surface area contributed by atoms with E-state index in [1.165, 1.54) is 59.8 Å². The topological polar surface area (TPSA) is 0 Å². The van der Waals surface area contributed by atoms with Gasteiger partial charge in [-0.25, -0.2) is 0 Å². The van der Waals surface area contributed by atoms with Crippen LogP contribution >= 0.6 is 141 Å². The van der Waals surface area contributed by atoms with Crippen molar-refractivity contribution in [2.24, 2.45) is 0 Å². The highest BCUT2D eigenvalue weighted by Gasteiger charge is 2.33. The molecular formula is C27H20S12. The third kappa shape index (κ3) is 7.09. The predicted molar refractivity (Wildman–Crippen MR) is 204 cm³/mol. The van der Waals surface area contributed by atoms with Gasteiger partial charge in [0.15, 0.2) is 0 Å². The molecule has 39 heavy (non-hydrogen) atoms. The molecule has 200 valence electrons. The third-order valence-electron chi connectivity index (χ3n) is 5.12. The van der Waals surface area contributed by atoms with Gasteiger partial charge >= 0.3 is 0 Å². The summed E-state index contributed by atoms with van der Waals surface area (Å²) in [7, 11) is 0. The maximum atomic E-state index is 4.05. The zero-order chi connectivity index (χ0) is 26.8. The molecule has 0 radical (unpaired) electrons. The number of allylic oxidation sites excluding steroid dienone is 6. The van der Waals surface area contributed by atoms with Gasteiger partial charge in [0.25, 0.3) is 0 Å². The van der Waals surface area contributed by atoms with Crippen LogP contribution < -0.4 is 0 Å². The van der Waals surface area contributed by atoms with Crippen molar-refractivity contribution in [3.05, 3.63) is 125 Å². The molecule has 0 unspecified atom stereocenters. The minimum absolute atomic E-state index is 0.911. The summed E-state index contributed by atoms with van der Waals surface area (Å²) < 4.78 is 8.43. The minimum atomic E-state index is 0.911. The van der Waals surface area contributed by atoms with Crippen LogP contribution in [0.2, 0.25) is 0 Å². The smallest absolute Gasteiger partial charge is 0.0703 e. The van der Waals surface area contributed by atoms with Crippen molar-refractivity contribution in [1.82, 2.24) is 0 Å². The summed E-state index contributed by atoms with van der Waals surface area (Å²) in [5, 5.41) is 11.6. The highest BCUT2D eigenvalue weighted by Crippen LogP contribution is 2.66. The van der Waals surface area contributed by atoms with Crippen LogP contribution in [0.5, 0.6) is 0 Å². The average molecular weight is 729 g/mol. The van der Waals surface area contributed by atoms with Crippen LogP contribution in [0.25, 0.3) is 0 Å². The fourth-order valence-electron chi connectivity index (χ4n) is 3.43. The molecule has 0 aliphatic carbocycles. The first kappa shape index (κ1) is 30.1. The molecule has 12 heteroatoms. The van der Waals surface area contributed by atoms with E-state index in [0.717, 1.165) is 19.3 Å². The largest absolute Gasteiger partial charge is 0.103 e. The summed E-state index contributed by atoms with van der Waals surface area (Å²) in [6.07, 6.45) is 8.83. The van der Waals surface area contributed by atoms with Gasteiger partial charge in [-0.3, -0.25) is 0 Å². The Bertz CT molecular complexity index is 1430. The SMILES string of the molecule is C=CCC1=CSC(=C2SC=C(C3=CSC(=C4SC(CC=C)=C(C5=CSC(=C6SC=C(CC=C)S6)S5)S4)S3)S2)S1. The van der Waals surface area contributed by atoms with E-state index in [2.05, 4.69) is 46.8 Å². The Morgan fingerprint density at radius 1 is 0.436 bits per heavy atom. The Labute approximate surface area is 281 Å². The Morgan fingerprint density at radius 3 is 1.41 bits per heavy atom. The van der Waals surface area contributed by atoms with Crippen LogP contribution in [0.4, 0.5) is 0 Å². The minimum Gasteiger partial charge on any atom is -0.103 e. The summed E-state index contributed by atoms with van der Waals surface area (Å²) in [5.74, 6) is 0. The highest BCUT2D eigenvalue weighted by molar-refractivity contribution is 8.37. The molecule has 0 aromatic carbocycles. The quantitative estimate of drug-likeness (QED) is 0.218. The van der Waals surface area contributed by atoms with Crippen molar-refractivity contribution in [2.75, 3.05) is 0 Å². The molecule has 0 amide bonds. The van der Waals surface area contributed by atoms with Gasteiger partial charge in [0.1, 0.15) is 0 Å². The molecule has 0 aromatic rings. The third-order valence-corrected chi connectivity index (χ3v) is 21.7. The monoisotopic (exact) mass is 728 g/mol. The van der Waals surface area contributed by atoms with Crippen molar-refractivity contribution < 1.29 is 0 Å². The van der Waals surface area contributed by atoms with E-state index in [-0.39, 0.29) is 0 Å². The standard InChI is InChI=1S/C27H20S12/c1-4-7-15-10-28-22(33-15)24-30-12-18(36-24)19-13-31-26(37-19)27-35-17(9-6-3)21(39-27)20-14-32-25(38-20)23-29-11-16(34-23)8-5-2/h4-6,10-14H,1-3,7-9H2. The highest BCUT2D eigenvalue weighted by atomic mass is 32.2. The number of rotatable bonds is 8. The molecule has 6 rings (SSSR count). The van der Waals surface area contributed by atoms with E-state index in [1.807, 2.05) is 159 Å². The molecule has 0 bridgehead atoms. The van der Waals surface area contributed by atoms with Crippen molar-refractivity contribution in [1.29, 1.82) is 0 Å². The Morgan fingerprint density at radius 2 is 0.872 bits per heavy atom. The molecule has 6 aliphatic heterocycles. The van der Waals surface area contributed by atoms with Crippen LogP contribution in [0.1, 0.15) is 19.3 Å². The lowest BCUT2D eigenvalue weighted by atomic mass is 10.3. The first-order valence-corrected chi connectivity index (χ1v) is 21.6. The Balaban J connectivity index is 1.10. The van der Waals surface area contributed by atoms with Gasteiger partial charge in [0, 0.05) is 34.3 Å². The van der Waals surface area contributed by atoms with Crippen LogP contribution in [0, 0.1) is 0 Å². The Hall–Kier alpha value is 1.08. The molecule has 0 saturated carbocycles. The van der Waals surface area contributed by atoms with Crippen molar-refractivity contribution in [2.45, 2.75) is 19.3 Å². The lowest BCUT2D eigenvalue weighted by Crippen LogP contribution is -1.79. The summed E-state index contributed by atoms with van der Waals surface area (Å²) in [6, 6.07) is 0. The van der Waals surface area contributed by atoms with Crippen molar-refractivity contribution in [3.63, 3.8) is 0 Å². The van der Waals surface area contributed by atoms with E-state index in [4.69, 9.17) is 0 Å². The second-order valence-corrected chi connectivity index (χ2v) is 21.4. The predicted octanol–water partition coefficient (Wildman–Crippen LogP) is 14.4. The van der Waals surface area contributed by atoms with Crippen molar-refractivity contribution in [3.8, 4) is 0 Å². The first-order valence-electron chi connectivity index (χ1n) is 11.5. The van der Waals surface area contributed by atoms with Gasteiger partial charge in [-0.1, -0.05) is 159 Å². The number of hydrogen-bond donors (Lipinski definition) is 0. The first-order chi connectivity index (χ1) is 19.1. The molecule has 0 nitrogen and oxygen atoms in total. The molecule has 6 heterocycles. The summed E-state index contributed by atoms with van der Waals surface area (Å²) in [4.78, 5) is 9.74. The van der Waals surface area contributed by atoms with Gasteiger partial charge in [-0.2, -0.15) is 0 Å². The van der Waals surface area contributed by atoms with Gasteiger partial charge in [-0.15, -0.1) is 19.7 Å². The molecule has 6 aliphatic rings. The maximum Gasteiger partial charge on any atom is 0.0703 e. The normalized spacial score (nSPS) is 28.7. The maximum absolute atomic E-state index is 4.05. The zero-order valence-electron chi connectivity index (χ0n) is 20.3. The summed E-state index contributed by atoms with van der Waals surface area (Å²) in [5.41, 5.74) is 0. The van der Waals surface area contributed by atoms with E-state index < -0.39 is 0 Å². The second-order valence-electron chi connectivity index (χ2n) is 7.87. The summed E-state index contributed by atoms with van der Waals surface area (Å²) in [6.45, 7) is 11.8. The Kier molecular flexibility index (Phi) is 11.0. The van der Waals surface area contributed by atoms with Crippen LogP contribution in [-0.4, -0.2) is 0 Å². The number of thioether (sulfide) groups is 12. The average Bonchev–Trinajstić information content (AvgIpc) is 3.74. The molecule has 0 saturated heterocycles. The fourth-order valence-corrected chi connectivity index (χ4v) is 19.1. The molecule has 0 N–H and O–H groups in total. The summed E-state index contributed by atoms with van der Waals surface area (Å²) >= 11 is 22.8. The number of hydrogen-bond acceptors (Lipinski definition) is 12. The lowest BCUT2D eigenvalue weighted by Gasteiger charge is -2.06. The lowest BCUT2D eigenvalue weighted by molar-refractivity contribution is 1.37. The van der Waals surface area contributed by atoms with E-state index >= 15 is 0 Å². The van der Waals surface area contributed by atoms with E-state index in [0.29, 0.717) is 0 Å². The van der Waals surface area contributed by atoms with Crippen LogP contribution in [0.15, 0.2) is 125 Å².